The van der Waals surface area contributed by atoms with Gasteiger partial charge in [-0.2, -0.15) is 0 Å². The summed E-state index contributed by atoms with van der Waals surface area (Å²) in [5, 5.41) is 12.8. The molecule has 3 heteroatoms. The van der Waals surface area contributed by atoms with E-state index in [0.29, 0.717) is 0 Å². The fourth-order valence-corrected chi connectivity index (χ4v) is 2.50. The zero-order chi connectivity index (χ0) is 11.0. The molecule has 0 aliphatic heterocycles. The van der Waals surface area contributed by atoms with Crippen molar-refractivity contribution in [3.8, 4) is 15.6 Å². The lowest BCUT2D eigenvalue weighted by molar-refractivity contribution is 0.489. The summed E-state index contributed by atoms with van der Waals surface area (Å²) in [6, 6.07) is 14.3. The van der Waals surface area contributed by atoms with E-state index in [2.05, 4.69) is 23.2 Å². The van der Waals surface area contributed by atoms with Gasteiger partial charge in [-0.1, -0.05) is 53.8 Å². The van der Waals surface area contributed by atoms with Gasteiger partial charge in [-0.25, -0.2) is 4.98 Å². The third-order valence-corrected chi connectivity index (χ3v) is 3.35. The van der Waals surface area contributed by atoms with Gasteiger partial charge in [0.05, 0.1) is 6.20 Å². The van der Waals surface area contributed by atoms with Crippen molar-refractivity contribution in [2.45, 2.75) is 0 Å². The fourth-order valence-electron chi connectivity index (χ4n) is 1.80. The van der Waals surface area contributed by atoms with Crippen LogP contribution in [0.25, 0.3) is 21.3 Å². The van der Waals surface area contributed by atoms with Gasteiger partial charge in [0.2, 0.25) is 0 Å². The summed E-state index contributed by atoms with van der Waals surface area (Å²) in [7, 11) is 0. The van der Waals surface area contributed by atoms with E-state index in [9.17, 15) is 5.11 Å². The first-order chi connectivity index (χ1) is 7.84. The molecule has 2 nitrogen and oxygen atoms in total. The van der Waals surface area contributed by atoms with Gasteiger partial charge in [-0.3, -0.25) is 0 Å². The lowest BCUT2D eigenvalue weighted by Crippen LogP contribution is -1.78. The van der Waals surface area contributed by atoms with Crippen LogP contribution in [0.1, 0.15) is 0 Å². The first-order valence-electron chi connectivity index (χ1n) is 4.97. The average molecular weight is 227 g/mol. The Balaban J connectivity index is 2.31. The Hall–Kier alpha value is -1.87. The smallest absolute Gasteiger partial charge is 0.192 e. The van der Waals surface area contributed by atoms with Crippen LogP contribution in [0.15, 0.2) is 48.7 Å². The van der Waals surface area contributed by atoms with Crippen LogP contribution in [0.4, 0.5) is 0 Å². The van der Waals surface area contributed by atoms with Crippen LogP contribution in [0.2, 0.25) is 0 Å². The van der Waals surface area contributed by atoms with Crippen molar-refractivity contribution in [2.24, 2.45) is 0 Å². The molecule has 2 aromatic carbocycles. The quantitative estimate of drug-likeness (QED) is 0.688. The van der Waals surface area contributed by atoms with Crippen molar-refractivity contribution in [1.29, 1.82) is 0 Å². The second kappa shape index (κ2) is 3.61. The van der Waals surface area contributed by atoms with Crippen molar-refractivity contribution >= 4 is 22.1 Å². The molecule has 0 fully saturated rings. The van der Waals surface area contributed by atoms with Gasteiger partial charge in [0.25, 0.3) is 0 Å². The molecule has 0 atom stereocenters. The largest absolute Gasteiger partial charge is 0.498 e. The molecule has 0 aliphatic carbocycles. The molecule has 1 aromatic heterocycles. The van der Waals surface area contributed by atoms with Gasteiger partial charge in [0, 0.05) is 5.56 Å². The standard InChI is InChI=1S/C13H9NOS/c15-12-8-14-13(16-12)11-7-3-5-9-4-1-2-6-10(9)11/h1-8,15H. The Labute approximate surface area is 96.8 Å². The van der Waals surface area contributed by atoms with Crippen LogP contribution < -0.4 is 0 Å². The van der Waals surface area contributed by atoms with E-state index in [1.54, 1.807) is 0 Å². The highest BCUT2D eigenvalue weighted by molar-refractivity contribution is 7.16. The Bertz CT molecular complexity index is 640. The summed E-state index contributed by atoms with van der Waals surface area (Å²) in [4.78, 5) is 4.20. The molecule has 78 valence electrons. The monoisotopic (exact) mass is 227 g/mol. The molecule has 0 saturated carbocycles. The minimum Gasteiger partial charge on any atom is -0.498 e. The van der Waals surface area contributed by atoms with Gasteiger partial charge < -0.3 is 5.11 Å². The zero-order valence-corrected chi connectivity index (χ0v) is 9.24. The minimum absolute atomic E-state index is 0.253. The number of hydrogen-bond donors (Lipinski definition) is 1. The Kier molecular flexibility index (Phi) is 2.11. The number of fused-ring (bicyclic) bond motifs is 1. The van der Waals surface area contributed by atoms with E-state index in [1.165, 1.54) is 28.3 Å². The number of aromatic nitrogens is 1. The molecule has 0 unspecified atom stereocenters. The summed E-state index contributed by atoms with van der Waals surface area (Å²) in [5.74, 6) is 0. The molecule has 3 aromatic rings. The minimum atomic E-state index is 0.253. The second-order valence-electron chi connectivity index (χ2n) is 3.53. The molecule has 0 saturated heterocycles. The van der Waals surface area contributed by atoms with Crippen molar-refractivity contribution in [3.05, 3.63) is 48.7 Å². The van der Waals surface area contributed by atoms with Crippen LogP contribution in [-0.2, 0) is 0 Å². The lowest BCUT2D eigenvalue weighted by atomic mass is 10.1. The van der Waals surface area contributed by atoms with E-state index >= 15 is 0 Å². The summed E-state index contributed by atoms with van der Waals surface area (Å²) in [6.07, 6.45) is 1.49. The average Bonchev–Trinajstić information content (AvgIpc) is 2.75. The summed E-state index contributed by atoms with van der Waals surface area (Å²) < 4.78 is 0. The number of rotatable bonds is 1. The van der Waals surface area contributed by atoms with Crippen LogP contribution >= 0.6 is 11.3 Å². The van der Waals surface area contributed by atoms with Gasteiger partial charge in [0.15, 0.2) is 5.06 Å². The Morgan fingerprint density at radius 3 is 2.62 bits per heavy atom. The molecule has 0 aliphatic rings. The number of nitrogens with zero attached hydrogens (tertiary/aromatic N) is 1. The highest BCUT2D eigenvalue weighted by Gasteiger charge is 2.07. The van der Waals surface area contributed by atoms with Gasteiger partial charge in [-0.15, -0.1) is 0 Å². The Morgan fingerprint density at radius 1 is 1.00 bits per heavy atom. The maximum absolute atomic E-state index is 9.34. The van der Waals surface area contributed by atoms with Crippen molar-refractivity contribution in [2.75, 3.05) is 0 Å². The third-order valence-electron chi connectivity index (χ3n) is 2.51. The first-order valence-corrected chi connectivity index (χ1v) is 5.79. The molecule has 0 amide bonds. The summed E-state index contributed by atoms with van der Waals surface area (Å²) >= 11 is 1.30. The highest BCUT2D eigenvalue weighted by atomic mass is 32.1. The van der Waals surface area contributed by atoms with Crippen molar-refractivity contribution in [3.63, 3.8) is 0 Å². The van der Waals surface area contributed by atoms with Crippen LogP contribution in [-0.4, -0.2) is 10.1 Å². The van der Waals surface area contributed by atoms with Crippen LogP contribution in [0, 0.1) is 0 Å². The van der Waals surface area contributed by atoms with E-state index in [-0.39, 0.29) is 5.06 Å². The van der Waals surface area contributed by atoms with Gasteiger partial charge in [0.1, 0.15) is 5.01 Å². The van der Waals surface area contributed by atoms with Crippen molar-refractivity contribution < 1.29 is 5.11 Å². The predicted octanol–water partition coefficient (Wildman–Crippen LogP) is 3.67. The van der Waals surface area contributed by atoms with E-state index < -0.39 is 0 Å². The number of aromatic hydroxyl groups is 1. The normalized spacial score (nSPS) is 10.8. The molecule has 1 N–H and O–H groups in total. The van der Waals surface area contributed by atoms with Gasteiger partial charge >= 0.3 is 0 Å². The maximum atomic E-state index is 9.34. The molecule has 0 bridgehead atoms. The topological polar surface area (TPSA) is 33.1 Å². The van der Waals surface area contributed by atoms with E-state index in [0.717, 1.165) is 10.6 Å². The number of benzene rings is 2. The maximum Gasteiger partial charge on any atom is 0.192 e. The molecular formula is C13H9NOS. The van der Waals surface area contributed by atoms with Crippen LogP contribution in [0.5, 0.6) is 5.06 Å². The number of hydrogen-bond acceptors (Lipinski definition) is 3. The Morgan fingerprint density at radius 2 is 1.81 bits per heavy atom. The van der Waals surface area contributed by atoms with E-state index in [4.69, 9.17) is 0 Å². The second-order valence-corrected chi connectivity index (χ2v) is 4.54. The van der Waals surface area contributed by atoms with Crippen molar-refractivity contribution in [1.82, 2.24) is 4.98 Å². The van der Waals surface area contributed by atoms with Gasteiger partial charge in [-0.05, 0) is 10.8 Å². The fraction of sp³-hybridized carbons (Fsp3) is 0. The predicted molar refractivity (Wildman–Crippen MR) is 66.7 cm³/mol. The molecule has 16 heavy (non-hydrogen) atoms. The molecular weight excluding hydrogens is 218 g/mol. The lowest BCUT2D eigenvalue weighted by Gasteiger charge is -2.02. The number of thiazole rings is 1. The molecule has 1 heterocycles. The molecule has 0 radical (unpaired) electrons. The molecule has 3 rings (SSSR count). The third kappa shape index (κ3) is 1.46. The van der Waals surface area contributed by atoms with E-state index in [1.807, 2.05) is 24.3 Å². The molecule has 0 spiro atoms. The van der Waals surface area contributed by atoms with Crippen LogP contribution in [0.3, 0.4) is 0 Å². The summed E-state index contributed by atoms with van der Waals surface area (Å²) in [6.45, 7) is 0. The highest BCUT2D eigenvalue weighted by Crippen LogP contribution is 2.33. The SMILES string of the molecule is Oc1cnc(-c2cccc3ccccc23)s1. The zero-order valence-electron chi connectivity index (χ0n) is 8.42. The summed E-state index contributed by atoms with van der Waals surface area (Å²) in [5.41, 5.74) is 1.07. The first kappa shape index (κ1) is 9.36.